The summed E-state index contributed by atoms with van der Waals surface area (Å²) in [5.74, 6) is 0. The van der Waals surface area contributed by atoms with Crippen molar-refractivity contribution in [2.75, 3.05) is 6.54 Å². The maximum absolute atomic E-state index is 6.09. The summed E-state index contributed by atoms with van der Waals surface area (Å²) in [6, 6.07) is 0. The van der Waals surface area contributed by atoms with Gasteiger partial charge in [0.1, 0.15) is 0 Å². The van der Waals surface area contributed by atoms with Gasteiger partial charge >= 0.3 is 0 Å². The van der Waals surface area contributed by atoms with Gasteiger partial charge in [0, 0.05) is 24.8 Å². The van der Waals surface area contributed by atoms with Crippen molar-refractivity contribution < 1.29 is 4.74 Å². The van der Waals surface area contributed by atoms with Gasteiger partial charge in [-0.15, -0.1) is 0 Å². The minimum absolute atomic E-state index is 0.0768. The van der Waals surface area contributed by atoms with Gasteiger partial charge in [0.2, 0.25) is 0 Å². The zero-order valence-electron chi connectivity index (χ0n) is 10.7. The monoisotopic (exact) mass is 237 g/mol. The molecule has 1 aromatic rings. The summed E-state index contributed by atoms with van der Waals surface area (Å²) in [7, 11) is 0. The lowest BCUT2D eigenvalue weighted by Crippen LogP contribution is -2.42. The van der Waals surface area contributed by atoms with Crippen LogP contribution in [-0.4, -0.2) is 21.9 Å². The van der Waals surface area contributed by atoms with E-state index in [1.807, 2.05) is 17.1 Å². The van der Waals surface area contributed by atoms with Gasteiger partial charge in [-0.1, -0.05) is 19.3 Å². The number of aromatic nitrogens is 2. The van der Waals surface area contributed by atoms with E-state index in [4.69, 9.17) is 10.5 Å². The average molecular weight is 237 g/mol. The second-order valence-electron chi connectivity index (χ2n) is 4.94. The van der Waals surface area contributed by atoms with Crippen LogP contribution in [0.2, 0.25) is 0 Å². The van der Waals surface area contributed by atoms with Crippen molar-refractivity contribution in [3.05, 3.63) is 18.0 Å². The molecule has 2 rings (SSSR count). The molecule has 1 aromatic heterocycles. The minimum Gasteiger partial charge on any atom is -0.369 e. The van der Waals surface area contributed by atoms with Crippen LogP contribution in [0.15, 0.2) is 12.4 Å². The maximum atomic E-state index is 6.09. The SMILES string of the molecule is CCn1cc(COC2(CN)CCCCC2)cn1. The van der Waals surface area contributed by atoms with Crippen LogP contribution in [0.1, 0.15) is 44.6 Å². The molecule has 1 aliphatic rings. The van der Waals surface area contributed by atoms with Crippen molar-refractivity contribution >= 4 is 0 Å². The molecule has 0 unspecified atom stereocenters. The van der Waals surface area contributed by atoms with Crippen LogP contribution in [0.4, 0.5) is 0 Å². The molecule has 1 fully saturated rings. The van der Waals surface area contributed by atoms with E-state index in [1.54, 1.807) is 0 Å². The minimum atomic E-state index is -0.0768. The predicted molar refractivity (Wildman–Crippen MR) is 67.6 cm³/mol. The van der Waals surface area contributed by atoms with E-state index in [0.717, 1.165) is 24.9 Å². The molecule has 0 spiro atoms. The fourth-order valence-electron chi connectivity index (χ4n) is 2.49. The second-order valence-corrected chi connectivity index (χ2v) is 4.94. The summed E-state index contributed by atoms with van der Waals surface area (Å²) in [4.78, 5) is 0. The summed E-state index contributed by atoms with van der Waals surface area (Å²) in [5.41, 5.74) is 6.95. The largest absolute Gasteiger partial charge is 0.369 e. The molecule has 1 saturated carbocycles. The average Bonchev–Trinajstić information content (AvgIpc) is 2.85. The number of hydrogen-bond donors (Lipinski definition) is 1. The van der Waals surface area contributed by atoms with E-state index in [2.05, 4.69) is 12.0 Å². The first kappa shape index (κ1) is 12.6. The Morgan fingerprint density at radius 3 is 2.76 bits per heavy atom. The fourth-order valence-corrected chi connectivity index (χ4v) is 2.49. The third-order valence-electron chi connectivity index (χ3n) is 3.69. The lowest BCUT2D eigenvalue weighted by atomic mass is 9.84. The third kappa shape index (κ3) is 3.07. The van der Waals surface area contributed by atoms with E-state index in [0.29, 0.717) is 13.2 Å². The summed E-state index contributed by atoms with van der Waals surface area (Å²) in [6.45, 7) is 4.26. The van der Waals surface area contributed by atoms with E-state index in [-0.39, 0.29) is 5.60 Å². The van der Waals surface area contributed by atoms with Crippen LogP contribution in [-0.2, 0) is 17.9 Å². The van der Waals surface area contributed by atoms with Crippen LogP contribution in [0.3, 0.4) is 0 Å². The lowest BCUT2D eigenvalue weighted by molar-refractivity contribution is -0.0734. The highest BCUT2D eigenvalue weighted by Gasteiger charge is 2.31. The Kier molecular flexibility index (Phi) is 4.18. The van der Waals surface area contributed by atoms with Gasteiger partial charge in [-0.2, -0.15) is 5.10 Å². The zero-order chi connectivity index (χ0) is 12.1. The number of nitrogens with two attached hydrogens (primary N) is 1. The van der Waals surface area contributed by atoms with Gasteiger partial charge in [-0.3, -0.25) is 4.68 Å². The van der Waals surface area contributed by atoms with Crippen molar-refractivity contribution in [3.63, 3.8) is 0 Å². The maximum Gasteiger partial charge on any atom is 0.0808 e. The molecule has 2 N–H and O–H groups in total. The van der Waals surface area contributed by atoms with E-state index in [1.165, 1.54) is 19.3 Å². The highest BCUT2D eigenvalue weighted by molar-refractivity contribution is 5.02. The molecule has 0 aromatic carbocycles. The van der Waals surface area contributed by atoms with Crippen LogP contribution >= 0.6 is 0 Å². The molecule has 0 amide bonds. The van der Waals surface area contributed by atoms with Gasteiger partial charge < -0.3 is 10.5 Å². The Bertz CT molecular complexity index is 342. The standard InChI is InChI=1S/C13H23N3O/c1-2-16-9-12(8-15-16)10-17-13(11-14)6-4-3-5-7-13/h8-9H,2-7,10-11,14H2,1H3. The van der Waals surface area contributed by atoms with Crippen molar-refractivity contribution in [1.82, 2.24) is 9.78 Å². The Morgan fingerprint density at radius 1 is 1.41 bits per heavy atom. The summed E-state index contributed by atoms with van der Waals surface area (Å²) >= 11 is 0. The number of nitrogens with zero attached hydrogens (tertiary/aromatic N) is 2. The van der Waals surface area contributed by atoms with Gasteiger partial charge in [0.15, 0.2) is 0 Å². The van der Waals surface area contributed by atoms with Crippen LogP contribution < -0.4 is 5.73 Å². The van der Waals surface area contributed by atoms with E-state index >= 15 is 0 Å². The number of hydrogen-bond acceptors (Lipinski definition) is 3. The lowest BCUT2D eigenvalue weighted by Gasteiger charge is -2.36. The summed E-state index contributed by atoms with van der Waals surface area (Å²) in [6.07, 6.45) is 9.94. The number of aryl methyl sites for hydroxylation is 1. The zero-order valence-corrected chi connectivity index (χ0v) is 10.7. The summed E-state index contributed by atoms with van der Waals surface area (Å²) in [5, 5.41) is 4.25. The first-order valence-electron chi connectivity index (χ1n) is 6.63. The molecule has 1 aliphatic carbocycles. The van der Waals surface area contributed by atoms with E-state index < -0.39 is 0 Å². The first-order valence-corrected chi connectivity index (χ1v) is 6.63. The molecule has 1 heterocycles. The Balaban J connectivity index is 1.90. The third-order valence-corrected chi connectivity index (χ3v) is 3.69. The molecule has 0 radical (unpaired) electrons. The molecule has 0 atom stereocenters. The molecule has 96 valence electrons. The van der Waals surface area contributed by atoms with Gasteiger partial charge in [-0.25, -0.2) is 0 Å². The molecular formula is C13H23N3O. The van der Waals surface area contributed by atoms with Crippen molar-refractivity contribution in [2.24, 2.45) is 5.73 Å². The van der Waals surface area contributed by atoms with Crippen molar-refractivity contribution in [3.8, 4) is 0 Å². The second kappa shape index (κ2) is 5.65. The molecule has 0 aliphatic heterocycles. The molecule has 0 bridgehead atoms. The van der Waals surface area contributed by atoms with Gasteiger partial charge in [-0.05, 0) is 19.8 Å². The number of ether oxygens (including phenoxy) is 1. The van der Waals surface area contributed by atoms with E-state index in [9.17, 15) is 0 Å². The molecule has 0 saturated heterocycles. The van der Waals surface area contributed by atoms with Crippen LogP contribution in [0.5, 0.6) is 0 Å². The highest BCUT2D eigenvalue weighted by atomic mass is 16.5. The van der Waals surface area contributed by atoms with Crippen LogP contribution in [0.25, 0.3) is 0 Å². The Morgan fingerprint density at radius 2 is 2.18 bits per heavy atom. The molecule has 4 heteroatoms. The Labute approximate surface area is 103 Å². The topological polar surface area (TPSA) is 53.1 Å². The van der Waals surface area contributed by atoms with Crippen molar-refractivity contribution in [1.29, 1.82) is 0 Å². The summed E-state index contributed by atoms with van der Waals surface area (Å²) < 4.78 is 8.01. The number of rotatable bonds is 5. The quantitative estimate of drug-likeness (QED) is 0.853. The smallest absolute Gasteiger partial charge is 0.0808 e. The van der Waals surface area contributed by atoms with Gasteiger partial charge in [0.25, 0.3) is 0 Å². The normalized spacial score (nSPS) is 19.4. The fraction of sp³-hybridized carbons (Fsp3) is 0.769. The first-order chi connectivity index (χ1) is 8.28. The van der Waals surface area contributed by atoms with Crippen LogP contribution in [0, 0.1) is 0 Å². The highest BCUT2D eigenvalue weighted by Crippen LogP contribution is 2.31. The molecule has 17 heavy (non-hydrogen) atoms. The van der Waals surface area contributed by atoms with Crippen molar-refractivity contribution in [2.45, 2.75) is 57.8 Å². The predicted octanol–water partition coefficient (Wildman–Crippen LogP) is 2.08. The molecular weight excluding hydrogens is 214 g/mol. The molecule has 4 nitrogen and oxygen atoms in total. The van der Waals surface area contributed by atoms with Gasteiger partial charge in [0.05, 0.1) is 18.4 Å². The Hall–Kier alpha value is -0.870.